The average molecular weight is 197 g/mol. The molecule has 0 amide bonds. The number of ether oxygens (including phenoxy) is 1. The molecule has 0 bridgehead atoms. The van der Waals surface area contributed by atoms with Crippen LogP contribution < -0.4 is 9.64 Å². The number of para-hydroxylation sites is 1. The quantitative estimate of drug-likeness (QED) is 0.729. The summed E-state index contributed by atoms with van der Waals surface area (Å²) in [6.45, 7) is 0.327. The molecule has 14 heavy (non-hydrogen) atoms. The molecule has 1 N–H and O–H groups in total. The summed E-state index contributed by atoms with van der Waals surface area (Å²) in [5.41, 5.74) is 0.690. The van der Waals surface area contributed by atoms with Crippen molar-refractivity contribution in [1.82, 2.24) is 0 Å². The Labute approximate surface area is 81.7 Å². The Hall–Kier alpha value is -1.29. The van der Waals surface area contributed by atoms with Crippen molar-refractivity contribution in [3.8, 4) is 5.75 Å². The molecule has 0 spiro atoms. The van der Waals surface area contributed by atoms with Gasteiger partial charge < -0.3 is 14.7 Å². The molecule has 4 heteroatoms. The Bertz CT molecular complexity index is 343. The Kier molecular flexibility index (Phi) is 2.29. The number of hydrogen-bond acceptors (Lipinski definition) is 3. The number of aliphatic hydroxyl groups excluding tert-OH is 1. The second-order valence-corrected chi connectivity index (χ2v) is 3.35. The van der Waals surface area contributed by atoms with Crippen molar-refractivity contribution in [2.75, 3.05) is 25.2 Å². The highest BCUT2D eigenvalue weighted by Crippen LogP contribution is 2.34. The number of anilines is 1. The van der Waals surface area contributed by atoms with Crippen molar-refractivity contribution >= 4 is 5.69 Å². The van der Waals surface area contributed by atoms with Crippen molar-refractivity contribution in [1.29, 1.82) is 0 Å². The number of rotatable bonds is 1. The van der Waals surface area contributed by atoms with Crippen molar-refractivity contribution < 1.29 is 14.2 Å². The molecule has 0 saturated heterocycles. The minimum Gasteiger partial charge on any atom is -0.486 e. The largest absolute Gasteiger partial charge is 0.486 e. The van der Waals surface area contributed by atoms with Crippen LogP contribution in [0.15, 0.2) is 18.2 Å². The van der Waals surface area contributed by atoms with Gasteiger partial charge in [0.25, 0.3) is 0 Å². The molecule has 1 unspecified atom stereocenters. The van der Waals surface area contributed by atoms with Crippen LogP contribution in [-0.4, -0.2) is 31.4 Å². The highest BCUT2D eigenvalue weighted by atomic mass is 19.1. The van der Waals surface area contributed by atoms with Gasteiger partial charge in [0.05, 0.1) is 18.3 Å². The summed E-state index contributed by atoms with van der Waals surface area (Å²) in [4.78, 5) is 1.84. The number of nitrogens with zero attached hydrogens (tertiary/aromatic N) is 1. The number of fused-ring (bicyclic) bond motifs is 1. The third-order valence-corrected chi connectivity index (χ3v) is 2.50. The van der Waals surface area contributed by atoms with Crippen LogP contribution in [-0.2, 0) is 0 Å². The third-order valence-electron chi connectivity index (χ3n) is 2.50. The van der Waals surface area contributed by atoms with E-state index in [9.17, 15) is 4.39 Å². The van der Waals surface area contributed by atoms with E-state index in [2.05, 4.69) is 0 Å². The lowest BCUT2D eigenvalue weighted by atomic mass is 10.2. The molecule has 3 nitrogen and oxygen atoms in total. The van der Waals surface area contributed by atoms with Gasteiger partial charge in [-0.2, -0.15) is 0 Å². The van der Waals surface area contributed by atoms with E-state index in [4.69, 9.17) is 9.84 Å². The summed E-state index contributed by atoms with van der Waals surface area (Å²) < 4.78 is 18.5. The molecule has 1 aliphatic rings. The second-order valence-electron chi connectivity index (χ2n) is 3.35. The van der Waals surface area contributed by atoms with E-state index in [1.54, 1.807) is 12.1 Å². The van der Waals surface area contributed by atoms with Crippen LogP contribution in [0, 0.1) is 5.82 Å². The van der Waals surface area contributed by atoms with Gasteiger partial charge in [0.15, 0.2) is 11.6 Å². The van der Waals surface area contributed by atoms with Gasteiger partial charge in [-0.15, -0.1) is 0 Å². The maximum Gasteiger partial charge on any atom is 0.178 e. The smallest absolute Gasteiger partial charge is 0.178 e. The van der Waals surface area contributed by atoms with Crippen LogP contribution in [0.2, 0.25) is 0 Å². The molecule has 0 fully saturated rings. The van der Waals surface area contributed by atoms with E-state index >= 15 is 0 Å². The minimum absolute atomic E-state index is 0.00640. The van der Waals surface area contributed by atoms with Gasteiger partial charge in [0.2, 0.25) is 0 Å². The molecule has 0 radical (unpaired) electrons. The fourth-order valence-corrected chi connectivity index (χ4v) is 1.58. The Morgan fingerprint density at radius 2 is 2.43 bits per heavy atom. The van der Waals surface area contributed by atoms with E-state index in [1.807, 2.05) is 11.9 Å². The number of benzene rings is 1. The molecule has 0 aromatic heterocycles. The lowest BCUT2D eigenvalue weighted by Gasteiger charge is -2.34. The summed E-state index contributed by atoms with van der Waals surface area (Å²) in [5, 5.41) is 9.04. The summed E-state index contributed by atoms with van der Waals surface area (Å²) in [5.74, 6) is -0.0783. The predicted octanol–water partition coefficient (Wildman–Crippen LogP) is 1.02. The van der Waals surface area contributed by atoms with Crippen LogP contribution in [0.1, 0.15) is 0 Å². The van der Waals surface area contributed by atoms with E-state index in [1.165, 1.54) is 6.07 Å². The molecule has 2 rings (SSSR count). The van der Waals surface area contributed by atoms with Crippen LogP contribution in [0.25, 0.3) is 0 Å². The zero-order valence-electron chi connectivity index (χ0n) is 7.90. The molecule has 1 aromatic carbocycles. The Morgan fingerprint density at radius 3 is 3.14 bits per heavy atom. The zero-order valence-corrected chi connectivity index (χ0v) is 7.90. The van der Waals surface area contributed by atoms with Gasteiger partial charge in [-0.3, -0.25) is 0 Å². The topological polar surface area (TPSA) is 32.7 Å². The fourth-order valence-electron chi connectivity index (χ4n) is 1.58. The summed E-state index contributed by atoms with van der Waals surface area (Å²) >= 11 is 0. The first-order valence-corrected chi connectivity index (χ1v) is 4.49. The van der Waals surface area contributed by atoms with E-state index in [0.717, 1.165) is 0 Å². The standard InChI is InChI=1S/C10H12FNO2/c1-12-7(5-13)6-14-10-8(11)3-2-4-9(10)12/h2-4,7,13H,5-6H2,1H3. The first kappa shape index (κ1) is 9.27. The van der Waals surface area contributed by atoms with Crippen molar-refractivity contribution in [2.24, 2.45) is 0 Å². The van der Waals surface area contributed by atoms with Crippen molar-refractivity contribution in [3.05, 3.63) is 24.0 Å². The maximum absolute atomic E-state index is 13.3. The third kappa shape index (κ3) is 1.32. The first-order chi connectivity index (χ1) is 6.74. The average Bonchev–Trinajstić information content (AvgIpc) is 2.20. The lowest BCUT2D eigenvalue weighted by Crippen LogP contribution is -2.43. The SMILES string of the molecule is CN1c2cccc(F)c2OCC1CO. The van der Waals surface area contributed by atoms with Crippen molar-refractivity contribution in [3.63, 3.8) is 0 Å². The van der Waals surface area contributed by atoms with Gasteiger partial charge in [0, 0.05) is 7.05 Å². The maximum atomic E-state index is 13.3. The van der Waals surface area contributed by atoms with Gasteiger partial charge in [-0.25, -0.2) is 4.39 Å². The summed E-state index contributed by atoms with van der Waals surface area (Å²) in [6.07, 6.45) is 0. The van der Waals surface area contributed by atoms with Crippen LogP contribution >= 0.6 is 0 Å². The predicted molar refractivity (Wildman–Crippen MR) is 51.2 cm³/mol. The van der Waals surface area contributed by atoms with Gasteiger partial charge in [-0.05, 0) is 12.1 Å². The second kappa shape index (κ2) is 3.46. The normalized spacial score (nSPS) is 20.2. The molecular formula is C10H12FNO2. The molecule has 1 aromatic rings. The number of hydrogen-bond donors (Lipinski definition) is 1. The molecular weight excluding hydrogens is 185 g/mol. The fraction of sp³-hybridized carbons (Fsp3) is 0.400. The first-order valence-electron chi connectivity index (χ1n) is 4.49. The van der Waals surface area contributed by atoms with Crippen LogP contribution in [0.5, 0.6) is 5.75 Å². The summed E-state index contributed by atoms with van der Waals surface area (Å²) in [7, 11) is 1.82. The Balaban J connectivity index is 2.41. The highest BCUT2D eigenvalue weighted by Gasteiger charge is 2.25. The lowest BCUT2D eigenvalue weighted by molar-refractivity contribution is 0.186. The molecule has 0 saturated carbocycles. The van der Waals surface area contributed by atoms with Gasteiger partial charge in [0.1, 0.15) is 6.61 Å². The van der Waals surface area contributed by atoms with Crippen LogP contribution in [0.3, 0.4) is 0 Å². The van der Waals surface area contributed by atoms with Gasteiger partial charge >= 0.3 is 0 Å². The molecule has 1 atom stereocenters. The number of halogens is 1. The van der Waals surface area contributed by atoms with E-state index < -0.39 is 0 Å². The van der Waals surface area contributed by atoms with E-state index in [0.29, 0.717) is 12.3 Å². The number of aliphatic hydroxyl groups is 1. The van der Waals surface area contributed by atoms with Gasteiger partial charge in [-0.1, -0.05) is 6.07 Å². The molecule has 1 heterocycles. The Morgan fingerprint density at radius 1 is 1.64 bits per heavy atom. The van der Waals surface area contributed by atoms with Crippen molar-refractivity contribution in [2.45, 2.75) is 6.04 Å². The van der Waals surface area contributed by atoms with E-state index in [-0.39, 0.29) is 24.2 Å². The monoisotopic (exact) mass is 197 g/mol. The highest BCUT2D eigenvalue weighted by molar-refractivity contribution is 5.60. The molecule has 0 aliphatic carbocycles. The van der Waals surface area contributed by atoms with Crippen LogP contribution in [0.4, 0.5) is 10.1 Å². The summed E-state index contributed by atoms with van der Waals surface area (Å²) in [6, 6.07) is 4.68. The minimum atomic E-state index is -0.356. The number of likely N-dealkylation sites (N-methyl/N-ethyl adjacent to an activating group) is 1. The zero-order chi connectivity index (χ0) is 10.1. The molecule has 76 valence electrons. The molecule has 1 aliphatic heterocycles.